The van der Waals surface area contributed by atoms with E-state index in [4.69, 9.17) is 0 Å². The van der Waals surface area contributed by atoms with E-state index < -0.39 is 0 Å². The van der Waals surface area contributed by atoms with Gasteiger partial charge < -0.3 is 0 Å². The van der Waals surface area contributed by atoms with E-state index in [2.05, 4.69) is 43.9 Å². The number of aryl methyl sites for hydroxylation is 1. The van der Waals surface area contributed by atoms with Gasteiger partial charge in [0.2, 0.25) is 0 Å². The third-order valence-corrected chi connectivity index (χ3v) is 3.65. The molecule has 0 aromatic heterocycles. The second-order valence-corrected chi connectivity index (χ2v) is 5.12. The molecule has 1 heterocycles. The Morgan fingerprint density at radius 3 is 2.81 bits per heavy atom. The Morgan fingerprint density at radius 2 is 2.12 bits per heavy atom. The Balaban J connectivity index is 2.26. The molecule has 0 bridgehead atoms. The number of nitrogens with zero attached hydrogens (tertiary/aromatic N) is 1. The van der Waals surface area contributed by atoms with E-state index in [-0.39, 0.29) is 0 Å². The number of fused-ring (bicyclic) bond motifs is 1. The molecule has 1 nitrogen and oxygen atoms in total. The Hall–Kier alpha value is -0.820. The van der Waals surface area contributed by atoms with Gasteiger partial charge in [0.1, 0.15) is 0 Å². The van der Waals surface area contributed by atoms with E-state index in [9.17, 15) is 0 Å². The summed E-state index contributed by atoms with van der Waals surface area (Å²) in [6, 6.07) is 7.52. The first-order valence-corrected chi connectivity index (χ1v) is 6.56. The van der Waals surface area contributed by atoms with Crippen molar-refractivity contribution in [3.8, 4) is 0 Å². The maximum Gasteiger partial charge on any atom is 0.0242 e. The number of hydrogen-bond donors (Lipinski definition) is 0. The molecule has 0 spiro atoms. The monoisotopic (exact) mass is 217 g/mol. The summed E-state index contributed by atoms with van der Waals surface area (Å²) in [7, 11) is 0. The highest BCUT2D eigenvalue weighted by Crippen LogP contribution is 2.24. The van der Waals surface area contributed by atoms with Crippen LogP contribution < -0.4 is 0 Å². The quantitative estimate of drug-likeness (QED) is 0.750. The lowest BCUT2D eigenvalue weighted by atomic mass is 9.92. The van der Waals surface area contributed by atoms with Crippen LogP contribution in [0.4, 0.5) is 0 Å². The molecule has 0 saturated carbocycles. The van der Waals surface area contributed by atoms with Crippen molar-refractivity contribution in [2.24, 2.45) is 0 Å². The van der Waals surface area contributed by atoms with Gasteiger partial charge in [-0.1, -0.05) is 31.5 Å². The molecule has 1 aromatic rings. The van der Waals surface area contributed by atoms with Crippen molar-refractivity contribution >= 4 is 0 Å². The zero-order chi connectivity index (χ0) is 11.5. The van der Waals surface area contributed by atoms with Crippen molar-refractivity contribution in [2.45, 2.75) is 52.6 Å². The van der Waals surface area contributed by atoms with Gasteiger partial charge >= 0.3 is 0 Å². The molecule has 1 heteroatoms. The lowest BCUT2D eigenvalue weighted by Gasteiger charge is -2.33. The van der Waals surface area contributed by atoms with Crippen LogP contribution in [0.15, 0.2) is 18.2 Å². The fourth-order valence-electron chi connectivity index (χ4n) is 2.62. The normalized spacial score (nSPS) is 16.5. The van der Waals surface area contributed by atoms with Gasteiger partial charge in [-0.15, -0.1) is 0 Å². The van der Waals surface area contributed by atoms with Gasteiger partial charge in [-0.3, -0.25) is 4.90 Å². The van der Waals surface area contributed by atoms with Crippen LogP contribution in [-0.2, 0) is 19.4 Å². The number of benzene rings is 1. The molecule has 16 heavy (non-hydrogen) atoms. The third-order valence-electron chi connectivity index (χ3n) is 3.65. The summed E-state index contributed by atoms with van der Waals surface area (Å²) in [5.74, 6) is 0. The second-order valence-electron chi connectivity index (χ2n) is 5.12. The van der Waals surface area contributed by atoms with Crippen molar-refractivity contribution in [2.75, 3.05) is 6.54 Å². The van der Waals surface area contributed by atoms with Gasteiger partial charge in [0.05, 0.1) is 0 Å². The standard InChI is InChI=1S/C15H23N/c1-4-6-13-7-5-8-14-9-10-16(12(2)3)11-15(13)14/h5,7-8,12H,4,6,9-11H2,1-3H3. The first kappa shape index (κ1) is 11.7. The fourth-order valence-corrected chi connectivity index (χ4v) is 2.62. The van der Waals surface area contributed by atoms with Gasteiger partial charge in [-0.05, 0) is 43.4 Å². The highest BCUT2D eigenvalue weighted by Gasteiger charge is 2.19. The van der Waals surface area contributed by atoms with Crippen LogP contribution in [0.3, 0.4) is 0 Å². The smallest absolute Gasteiger partial charge is 0.0242 e. The molecule has 0 amide bonds. The minimum absolute atomic E-state index is 0.669. The van der Waals surface area contributed by atoms with Gasteiger partial charge in [0.15, 0.2) is 0 Å². The summed E-state index contributed by atoms with van der Waals surface area (Å²) in [6.45, 7) is 9.24. The summed E-state index contributed by atoms with van der Waals surface area (Å²) in [5, 5.41) is 0. The second kappa shape index (κ2) is 5.01. The Labute approximate surface area is 99.5 Å². The van der Waals surface area contributed by atoms with Crippen molar-refractivity contribution in [1.29, 1.82) is 0 Å². The zero-order valence-electron chi connectivity index (χ0n) is 10.8. The SMILES string of the molecule is CCCc1cccc2c1CN(C(C)C)CC2. The molecular formula is C15H23N. The molecule has 0 radical (unpaired) electrons. The first-order chi connectivity index (χ1) is 7.72. The lowest BCUT2D eigenvalue weighted by Crippen LogP contribution is -2.36. The Morgan fingerprint density at radius 1 is 1.31 bits per heavy atom. The summed E-state index contributed by atoms with van der Waals surface area (Å²) < 4.78 is 0. The third kappa shape index (κ3) is 2.30. The van der Waals surface area contributed by atoms with Crippen LogP contribution in [-0.4, -0.2) is 17.5 Å². The molecule has 0 unspecified atom stereocenters. The topological polar surface area (TPSA) is 3.24 Å². The van der Waals surface area contributed by atoms with Crippen LogP contribution in [0.2, 0.25) is 0 Å². The summed E-state index contributed by atoms with van der Waals surface area (Å²) in [4.78, 5) is 2.58. The molecule has 0 atom stereocenters. The number of rotatable bonds is 3. The largest absolute Gasteiger partial charge is 0.296 e. The maximum atomic E-state index is 2.58. The molecule has 1 aliphatic heterocycles. The van der Waals surface area contributed by atoms with E-state index in [0.29, 0.717) is 6.04 Å². The molecule has 1 aliphatic rings. The molecule has 2 rings (SSSR count). The van der Waals surface area contributed by atoms with Gasteiger partial charge in [0.25, 0.3) is 0 Å². The predicted octanol–water partition coefficient (Wildman–Crippen LogP) is 3.41. The molecule has 0 aliphatic carbocycles. The maximum absolute atomic E-state index is 2.58. The van der Waals surface area contributed by atoms with E-state index >= 15 is 0 Å². The fraction of sp³-hybridized carbons (Fsp3) is 0.600. The summed E-state index contributed by atoms with van der Waals surface area (Å²) in [5.41, 5.74) is 4.78. The van der Waals surface area contributed by atoms with Crippen LogP contribution in [0.5, 0.6) is 0 Å². The lowest BCUT2D eigenvalue weighted by molar-refractivity contribution is 0.202. The van der Waals surface area contributed by atoms with Crippen LogP contribution in [0.1, 0.15) is 43.9 Å². The molecule has 0 N–H and O–H groups in total. The van der Waals surface area contributed by atoms with Crippen molar-refractivity contribution in [1.82, 2.24) is 4.90 Å². The average molecular weight is 217 g/mol. The van der Waals surface area contributed by atoms with Crippen molar-refractivity contribution < 1.29 is 0 Å². The van der Waals surface area contributed by atoms with E-state index in [1.807, 2.05) is 0 Å². The van der Waals surface area contributed by atoms with Gasteiger partial charge in [-0.25, -0.2) is 0 Å². The zero-order valence-corrected chi connectivity index (χ0v) is 10.8. The minimum atomic E-state index is 0.669. The molecule has 0 fully saturated rings. The highest BCUT2D eigenvalue weighted by molar-refractivity contribution is 5.37. The van der Waals surface area contributed by atoms with Crippen molar-refractivity contribution in [3.05, 3.63) is 34.9 Å². The Kier molecular flexibility index (Phi) is 3.65. The molecular weight excluding hydrogens is 194 g/mol. The van der Waals surface area contributed by atoms with E-state index in [1.54, 1.807) is 16.7 Å². The van der Waals surface area contributed by atoms with E-state index in [1.165, 1.54) is 25.8 Å². The minimum Gasteiger partial charge on any atom is -0.296 e. The Bertz CT molecular complexity index is 354. The molecule has 1 aromatic carbocycles. The first-order valence-electron chi connectivity index (χ1n) is 6.56. The van der Waals surface area contributed by atoms with E-state index in [0.717, 1.165) is 6.54 Å². The average Bonchev–Trinajstić information content (AvgIpc) is 2.29. The molecule has 88 valence electrons. The molecule has 0 saturated heterocycles. The van der Waals surface area contributed by atoms with Crippen LogP contribution in [0.25, 0.3) is 0 Å². The van der Waals surface area contributed by atoms with Crippen LogP contribution in [0, 0.1) is 0 Å². The van der Waals surface area contributed by atoms with Crippen LogP contribution >= 0.6 is 0 Å². The van der Waals surface area contributed by atoms with Crippen molar-refractivity contribution in [3.63, 3.8) is 0 Å². The summed E-state index contributed by atoms with van der Waals surface area (Å²) >= 11 is 0. The van der Waals surface area contributed by atoms with Gasteiger partial charge in [-0.2, -0.15) is 0 Å². The van der Waals surface area contributed by atoms with Gasteiger partial charge in [0, 0.05) is 19.1 Å². The number of hydrogen-bond acceptors (Lipinski definition) is 1. The highest BCUT2D eigenvalue weighted by atomic mass is 15.1. The predicted molar refractivity (Wildman–Crippen MR) is 69.7 cm³/mol. The summed E-state index contributed by atoms with van der Waals surface area (Å²) in [6.07, 6.45) is 3.71.